The molecule has 0 aliphatic carbocycles. The van der Waals surface area contributed by atoms with Crippen molar-refractivity contribution < 1.29 is 28.6 Å². The molecule has 0 saturated carbocycles. The predicted molar refractivity (Wildman–Crippen MR) is 321 cm³/mol. The third-order valence-corrected chi connectivity index (χ3v) is 14.6. The highest BCUT2D eigenvalue weighted by molar-refractivity contribution is 5.71. The Morgan fingerprint density at radius 1 is 0.284 bits per heavy atom. The van der Waals surface area contributed by atoms with Crippen LogP contribution in [0.2, 0.25) is 0 Å². The number of esters is 3. The lowest BCUT2D eigenvalue weighted by molar-refractivity contribution is -0.167. The van der Waals surface area contributed by atoms with Crippen LogP contribution in [0.5, 0.6) is 0 Å². The van der Waals surface area contributed by atoms with E-state index < -0.39 is 6.10 Å². The van der Waals surface area contributed by atoms with Gasteiger partial charge in [-0.05, 0) is 57.8 Å². The molecule has 432 valence electrons. The molecular formula is C68H124O6. The van der Waals surface area contributed by atoms with E-state index in [2.05, 4.69) is 69.4 Å². The van der Waals surface area contributed by atoms with Gasteiger partial charge in [-0.1, -0.05) is 320 Å². The Hall–Kier alpha value is -2.63. The summed E-state index contributed by atoms with van der Waals surface area (Å²) >= 11 is 0. The third kappa shape index (κ3) is 60.2. The average molecular weight is 1040 g/mol. The zero-order chi connectivity index (χ0) is 53.6. The van der Waals surface area contributed by atoms with Crippen LogP contribution in [0, 0.1) is 0 Å². The van der Waals surface area contributed by atoms with E-state index in [0.717, 1.165) is 103 Å². The van der Waals surface area contributed by atoms with E-state index in [1.807, 2.05) is 0 Å². The molecule has 6 heteroatoms. The highest BCUT2D eigenvalue weighted by Gasteiger charge is 2.19. The summed E-state index contributed by atoms with van der Waals surface area (Å²) < 4.78 is 16.8. The molecule has 0 heterocycles. The van der Waals surface area contributed by atoms with Gasteiger partial charge in [0.15, 0.2) is 6.10 Å². The Kier molecular flexibility index (Phi) is 60.7. The molecule has 0 bridgehead atoms. The van der Waals surface area contributed by atoms with Gasteiger partial charge in [-0.25, -0.2) is 0 Å². The molecule has 0 fully saturated rings. The van der Waals surface area contributed by atoms with Crippen molar-refractivity contribution in [2.24, 2.45) is 0 Å². The Bertz CT molecular complexity index is 1280. The van der Waals surface area contributed by atoms with Crippen LogP contribution in [0.3, 0.4) is 0 Å². The molecule has 0 aromatic carbocycles. The normalized spacial score (nSPS) is 12.3. The van der Waals surface area contributed by atoms with Crippen molar-refractivity contribution in [2.75, 3.05) is 13.2 Å². The Morgan fingerprint density at radius 2 is 0.527 bits per heavy atom. The number of hydrogen-bond acceptors (Lipinski definition) is 6. The highest BCUT2D eigenvalue weighted by Crippen LogP contribution is 2.18. The van der Waals surface area contributed by atoms with E-state index in [1.165, 1.54) is 205 Å². The molecule has 0 aromatic rings. The molecule has 74 heavy (non-hydrogen) atoms. The minimum atomic E-state index is -0.776. The van der Waals surface area contributed by atoms with E-state index in [0.29, 0.717) is 19.3 Å². The van der Waals surface area contributed by atoms with Gasteiger partial charge < -0.3 is 14.2 Å². The number of carbonyl (C=O) groups is 3. The molecule has 0 N–H and O–H groups in total. The second-order valence-corrected chi connectivity index (χ2v) is 22.0. The number of ether oxygens (including phenoxy) is 3. The van der Waals surface area contributed by atoms with Crippen molar-refractivity contribution in [3.05, 3.63) is 48.6 Å². The van der Waals surface area contributed by atoms with Crippen LogP contribution < -0.4 is 0 Å². The monoisotopic (exact) mass is 1040 g/mol. The van der Waals surface area contributed by atoms with Crippen LogP contribution in [0.15, 0.2) is 48.6 Å². The fourth-order valence-electron chi connectivity index (χ4n) is 9.73. The van der Waals surface area contributed by atoms with Crippen molar-refractivity contribution in [1.29, 1.82) is 0 Å². The summed E-state index contributed by atoms with van der Waals surface area (Å²) in [5, 5.41) is 0. The van der Waals surface area contributed by atoms with Gasteiger partial charge in [0.1, 0.15) is 13.2 Å². The SMILES string of the molecule is CC/C=C\C/C=C\C/C=C\C/C=C\CCCCCCCCC(=O)OC(COC(=O)CCCCCCC)COC(=O)CCCCCCCCCCCCCCCCCCCCCCCCCCCCCCCCCC. The average Bonchev–Trinajstić information content (AvgIpc) is 3.40. The van der Waals surface area contributed by atoms with E-state index in [-0.39, 0.29) is 31.1 Å². The van der Waals surface area contributed by atoms with Gasteiger partial charge in [-0.2, -0.15) is 0 Å². The van der Waals surface area contributed by atoms with E-state index in [9.17, 15) is 14.4 Å². The zero-order valence-corrected chi connectivity index (χ0v) is 49.6. The van der Waals surface area contributed by atoms with E-state index in [4.69, 9.17) is 14.2 Å². The Balaban J connectivity index is 3.92. The van der Waals surface area contributed by atoms with Gasteiger partial charge in [-0.15, -0.1) is 0 Å². The van der Waals surface area contributed by atoms with Gasteiger partial charge in [0.2, 0.25) is 0 Å². The fourth-order valence-corrected chi connectivity index (χ4v) is 9.73. The van der Waals surface area contributed by atoms with Gasteiger partial charge >= 0.3 is 17.9 Å². The van der Waals surface area contributed by atoms with Crippen molar-refractivity contribution in [3.8, 4) is 0 Å². The number of hydrogen-bond donors (Lipinski definition) is 0. The molecule has 0 aromatic heterocycles. The zero-order valence-electron chi connectivity index (χ0n) is 49.6. The summed E-state index contributed by atoms with van der Waals surface area (Å²) in [6, 6.07) is 0. The molecule has 0 saturated heterocycles. The second-order valence-electron chi connectivity index (χ2n) is 22.0. The van der Waals surface area contributed by atoms with Crippen LogP contribution in [0.1, 0.15) is 348 Å². The summed E-state index contributed by atoms with van der Waals surface area (Å²) in [6.07, 6.45) is 79.1. The fraction of sp³-hybridized carbons (Fsp3) is 0.838. The number of carbonyl (C=O) groups excluding carboxylic acids is 3. The van der Waals surface area contributed by atoms with Crippen molar-refractivity contribution in [3.63, 3.8) is 0 Å². The summed E-state index contributed by atoms with van der Waals surface area (Å²) in [6.45, 7) is 6.48. The maximum Gasteiger partial charge on any atom is 0.306 e. The highest BCUT2D eigenvalue weighted by atomic mass is 16.6. The topological polar surface area (TPSA) is 78.9 Å². The Morgan fingerprint density at radius 3 is 0.824 bits per heavy atom. The first-order valence-electron chi connectivity index (χ1n) is 32.6. The minimum absolute atomic E-state index is 0.0761. The lowest BCUT2D eigenvalue weighted by Gasteiger charge is -2.18. The van der Waals surface area contributed by atoms with Gasteiger partial charge in [0.25, 0.3) is 0 Å². The van der Waals surface area contributed by atoms with Crippen LogP contribution in [-0.2, 0) is 28.6 Å². The lowest BCUT2D eigenvalue weighted by atomic mass is 10.0. The molecule has 0 amide bonds. The molecule has 0 radical (unpaired) electrons. The van der Waals surface area contributed by atoms with Crippen molar-refractivity contribution in [1.82, 2.24) is 0 Å². The minimum Gasteiger partial charge on any atom is -0.462 e. The van der Waals surface area contributed by atoms with Gasteiger partial charge in [0, 0.05) is 19.3 Å². The maximum absolute atomic E-state index is 12.8. The molecule has 0 spiro atoms. The lowest BCUT2D eigenvalue weighted by Crippen LogP contribution is -2.30. The number of unbranched alkanes of at least 4 members (excludes halogenated alkanes) is 41. The molecule has 6 nitrogen and oxygen atoms in total. The molecular weight excluding hydrogens is 913 g/mol. The van der Waals surface area contributed by atoms with E-state index >= 15 is 0 Å². The molecule has 0 rings (SSSR count). The van der Waals surface area contributed by atoms with Crippen molar-refractivity contribution >= 4 is 17.9 Å². The molecule has 0 aliphatic heterocycles. The van der Waals surface area contributed by atoms with Crippen LogP contribution >= 0.6 is 0 Å². The van der Waals surface area contributed by atoms with Crippen LogP contribution in [0.4, 0.5) is 0 Å². The summed E-state index contributed by atoms with van der Waals surface area (Å²) in [5.41, 5.74) is 0. The first-order chi connectivity index (χ1) is 36.5. The standard InChI is InChI=1S/C68H124O6/c1-4-7-10-13-15-17-19-21-23-25-27-28-29-30-31-32-33-34-35-36-37-38-39-41-42-44-46-48-50-52-55-58-61-67(70)73-64-65(63-72-66(69)60-57-54-12-9-6-3)74-68(71)62-59-56-53-51-49-47-45-43-40-26-24-22-20-18-16-14-11-8-5-2/h8,11,16,18,22,24,40,43,65H,4-7,9-10,12-15,17,19-21,23,25-39,41-42,44-64H2,1-3H3/b11-8-,18-16-,24-22-,43-40-. The quantitative estimate of drug-likeness (QED) is 0.0261. The molecule has 1 unspecified atom stereocenters. The van der Waals surface area contributed by atoms with Gasteiger partial charge in [-0.3, -0.25) is 14.4 Å². The van der Waals surface area contributed by atoms with Crippen LogP contribution in [-0.4, -0.2) is 37.2 Å². The first-order valence-corrected chi connectivity index (χ1v) is 32.6. The first kappa shape index (κ1) is 71.4. The Labute approximate surface area is 460 Å². The van der Waals surface area contributed by atoms with E-state index in [1.54, 1.807) is 0 Å². The molecule has 1 atom stereocenters. The van der Waals surface area contributed by atoms with Crippen molar-refractivity contribution in [2.45, 2.75) is 354 Å². The summed E-state index contributed by atoms with van der Waals surface area (Å²) in [5.74, 6) is -0.888. The summed E-state index contributed by atoms with van der Waals surface area (Å²) in [7, 11) is 0. The second kappa shape index (κ2) is 62.9. The summed E-state index contributed by atoms with van der Waals surface area (Å²) in [4.78, 5) is 37.9. The predicted octanol–water partition coefficient (Wildman–Crippen LogP) is 22.2. The smallest absolute Gasteiger partial charge is 0.306 e. The third-order valence-electron chi connectivity index (χ3n) is 14.6. The largest absolute Gasteiger partial charge is 0.462 e. The number of rotatable bonds is 60. The number of allylic oxidation sites excluding steroid dienone is 8. The van der Waals surface area contributed by atoms with Crippen LogP contribution in [0.25, 0.3) is 0 Å². The maximum atomic E-state index is 12.8. The van der Waals surface area contributed by atoms with Gasteiger partial charge in [0.05, 0.1) is 0 Å². The molecule has 0 aliphatic rings.